The van der Waals surface area contributed by atoms with Crippen LogP contribution < -0.4 is 10.6 Å². The summed E-state index contributed by atoms with van der Waals surface area (Å²) in [5.74, 6) is 0.0666. The van der Waals surface area contributed by atoms with Gasteiger partial charge in [0.25, 0.3) is 0 Å². The van der Waals surface area contributed by atoms with Crippen molar-refractivity contribution < 1.29 is 19.1 Å². The molecule has 2 amide bonds. The van der Waals surface area contributed by atoms with E-state index in [1.807, 2.05) is 50.4 Å². The summed E-state index contributed by atoms with van der Waals surface area (Å²) in [6.07, 6.45) is 2.06. The lowest BCUT2D eigenvalue weighted by molar-refractivity contribution is -0.128. The van der Waals surface area contributed by atoms with Crippen LogP contribution in [0.1, 0.15) is 46.6 Å². The fourth-order valence-corrected chi connectivity index (χ4v) is 3.25. The van der Waals surface area contributed by atoms with Gasteiger partial charge in [-0.25, -0.2) is 4.79 Å². The monoisotopic (exact) mass is 422 g/mol. The highest BCUT2D eigenvalue weighted by Crippen LogP contribution is 2.11. The van der Waals surface area contributed by atoms with Crippen LogP contribution >= 0.6 is 11.8 Å². The van der Waals surface area contributed by atoms with Crippen molar-refractivity contribution in [2.45, 2.75) is 65.1 Å². The second-order valence-corrected chi connectivity index (χ2v) is 9.34. The molecule has 6 nitrogen and oxygen atoms in total. The first kappa shape index (κ1) is 25.0. The van der Waals surface area contributed by atoms with E-state index < -0.39 is 23.8 Å². The van der Waals surface area contributed by atoms with Crippen molar-refractivity contribution >= 4 is 29.5 Å². The molecule has 2 N–H and O–H groups in total. The molecule has 0 unspecified atom stereocenters. The number of ketones is 1. The number of rotatable bonds is 10. The van der Waals surface area contributed by atoms with E-state index in [1.165, 1.54) is 11.8 Å². The van der Waals surface area contributed by atoms with Crippen molar-refractivity contribution in [1.82, 2.24) is 10.6 Å². The van der Waals surface area contributed by atoms with Crippen LogP contribution in [0.5, 0.6) is 0 Å². The lowest BCUT2D eigenvalue weighted by atomic mass is 10.00. The number of hydrogen-bond donors (Lipinski definition) is 2. The molecular formula is C22H34N2O4S. The molecule has 0 saturated carbocycles. The predicted molar refractivity (Wildman–Crippen MR) is 118 cm³/mol. The number of amides is 2. The Morgan fingerprint density at radius 2 is 1.66 bits per heavy atom. The van der Waals surface area contributed by atoms with Gasteiger partial charge in [0.15, 0.2) is 5.78 Å². The molecular weight excluding hydrogens is 388 g/mol. The number of ether oxygens (including phenoxy) is 1. The normalized spacial score (nSPS) is 13.5. The minimum absolute atomic E-state index is 0.0460. The van der Waals surface area contributed by atoms with Gasteiger partial charge in [-0.1, -0.05) is 44.2 Å². The van der Waals surface area contributed by atoms with E-state index in [2.05, 4.69) is 10.6 Å². The summed E-state index contributed by atoms with van der Waals surface area (Å²) in [6, 6.07) is 8.14. The number of Topliss-reactive ketones (excluding diaryl/α,β-unsaturated/α-hetero) is 1. The second-order valence-electron chi connectivity index (χ2n) is 8.48. The van der Waals surface area contributed by atoms with E-state index in [4.69, 9.17) is 4.74 Å². The number of carbonyl (C=O) groups is 3. The third kappa shape index (κ3) is 10.4. The van der Waals surface area contributed by atoms with E-state index in [0.29, 0.717) is 18.6 Å². The van der Waals surface area contributed by atoms with Crippen LogP contribution in [0, 0.1) is 5.92 Å². The van der Waals surface area contributed by atoms with Gasteiger partial charge in [0.05, 0.1) is 11.8 Å². The van der Waals surface area contributed by atoms with Crippen LogP contribution in [-0.2, 0) is 20.7 Å². The largest absolute Gasteiger partial charge is 0.444 e. The molecule has 0 radical (unpaired) electrons. The molecule has 0 fully saturated rings. The summed E-state index contributed by atoms with van der Waals surface area (Å²) in [6.45, 7) is 9.23. The molecule has 0 saturated heterocycles. The third-order valence-electron chi connectivity index (χ3n) is 3.99. The maximum atomic E-state index is 12.9. The Bertz CT molecular complexity index is 671. The average molecular weight is 423 g/mol. The zero-order valence-corrected chi connectivity index (χ0v) is 19.1. The number of alkyl carbamates (subject to hydrolysis) is 1. The van der Waals surface area contributed by atoms with Crippen LogP contribution in [0.3, 0.4) is 0 Å². The van der Waals surface area contributed by atoms with Gasteiger partial charge in [0.1, 0.15) is 11.6 Å². The highest BCUT2D eigenvalue weighted by Gasteiger charge is 2.28. The first-order chi connectivity index (χ1) is 13.5. The van der Waals surface area contributed by atoms with Gasteiger partial charge in [-0.3, -0.25) is 9.59 Å². The van der Waals surface area contributed by atoms with E-state index >= 15 is 0 Å². The van der Waals surface area contributed by atoms with Crippen molar-refractivity contribution in [2.75, 3.05) is 12.0 Å². The van der Waals surface area contributed by atoms with Crippen molar-refractivity contribution in [1.29, 1.82) is 0 Å². The number of benzene rings is 1. The number of thioether (sulfide) groups is 1. The Labute approximate surface area is 178 Å². The molecule has 1 rings (SSSR count). The molecule has 0 aliphatic rings. The maximum Gasteiger partial charge on any atom is 0.408 e. The van der Waals surface area contributed by atoms with Crippen molar-refractivity contribution in [3.8, 4) is 0 Å². The standard InChI is InChI=1S/C22H34N2O4S/c1-15(2)12-18(24-21(27)28-22(3,4)5)20(26)23-17(19(25)14-29-6)13-16-10-8-7-9-11-16/h7-11,15,17-18H,12-14H2,1-6H3,(H,23,26)(H,24,27)/t17-,18-/m0/s1. The lowest BCUT2D eigenvalue weighted by Crippen LogP contribution is -2.53. The first-order valence-electron chi connectivity index (χ1n) is 9.87. The van der Waals surface area contributed by atoms with Gasteiger partial charge >= 0.3 is 6.09 Å². The maximum absolute atomic E-state index is 12.9. The Kier molecular flexibility index (Phi) is 10.2. The summed E-state index contributed by atoms with van der Waals surface area (Å²) < 4.78 is 5.29. The Morgan fingerprint density at radius 3 is 2.17 bits per heavy atom. The van der Waals surface area contributed by atoms with Crippen molar-refractivity contribution in [2.24, 2.45) is 5.92 Å². The highest BCUT2D eigenvalue weighted by molar-refractivity contribution is 7.99. The first-order valence-corrected chi connectivity index (χ1v) is 11.3. The van der Waals surface area contributed by atoms with Gasteiger partial charge in [-0.2, -0.15) is 11.8 Å². The van der Waals surface area contributed by atoms with Gasteiger partial charge in [0.2, 0.25) is 5.91 Å². The predicted octanol–water partition coefficient (Wildman–Crippen LogP) is 3.59. The summed E-state index contributed by atoms with van der Waals surface area (Å²) in [5.41, 5.74) is 0.306. The number of carbonyl (C=O) groups excluding carboxylic acids is 3. The molecule has 0 heterocycles. The van der Waals surface area contributed by atoms with E-state index in [1.54, 1.807) is 20.8 Å². The van der Waals surface area contributed by atoms with Crippen LogP contribution in [0.25, 0.3) is 0 Å². The van der Waals surface area contributed by atoms with Crippen molar-refractivity contribution in [3.63, 3.8) is 0 Å². The van der Waals surface area contributed by atoms with Gasteiger partial charge < -0.3 is 15.4 Å². The van der Waals surface area contributed by atoms with Gasteiger partial charge in [0, 0.05) is 0 Å². The minimum Gasteiger partial charge on any atom is -0.444 e. The molecule has 0 spiro atoms. The number of nitrogens with one attached hydrogen (secondary N) is 2. The van der Waals surface area contributed by atoms with E-state index in [-0.39, 0.29) is 17.6 Å². The quantitative estimate of drug-likeness (QED) is 0.602. The molecule has 0 aliphatic carbocycles. The van der Waals surface area contributed by atoms with Gasteiger partial charge in [-0.05, 0) is 51.3 Å². The highest BCUT2D eigenvalue weighted by atomic mass is 32.2. The molecule has 0 aliphatic heterocycles. The van der Waals surface area contributed by atoms with Crippen LogP contribution in [-0.4, -0.2) is 47.5 Å². The zero-order valence-electron chi connectivity index (χ0n) is 18.3. The average Bonchev–Trinajstić information content (AvgIpc) is 2.59. The van der Waals surface area contributed by atoms with Crippen LogP contribution in [0.4, 0.5) is 4.79 Å². The number of hydrogen-bond acceptors (Lipinski definition) is 5. The summed E-state index contributed by atoms with van der Waals surface area (Å²) >= 11 is 1.42. The molecule has 7 heteroatoms. The van der Waals surface area contributed by atoms with Gasteiger partial charge in [-0.15, -0.1) is 0 Å². The van der Waals surface area contributed by atoms with E-state index in [9.17, 15) is 14.4 Å². The van der Waals surface area contributed by atoms with Crippen molar-refractivity contribution in [3.05, 3.63) is 35.9 Å². The molecule has 0 aromatic heterocycles. The Morgan fingerprint density at radius 1 is 1.03 bits per heavy atom. The second kappa shape index (κ2) is 11.9. The molecule has 0 bridgehead atoms. The molecule has 1 aromatic carbocycles. The Balaban J connectivity index is 2.92. The minimum atomic E-state index is -0.773. The van der Waals surface area contributed by atoms with E-state index in [0.717, 1.165) is 5.56 Å². The molecule has 162 valence electrons. The summed E-state index contributed by atoms with van der Waals surface area (Å²) in [7, 11) is 0. The topological polar surface area (TPSA) is 84.5 Å². The fourth-order valence-electron chi connectivity index (χ4n) is 2.76. The summed E-state index contributed by atoms with van der Waals surface area (Å²) in [4.78, 5) is 37.7. The molecule has 2 atom stereocenters. The summed E-state index contributed by atoms with van der Waals surface area (Å²) in [5, 5.41) is 5.51. The molecule has 1 aromatic rings. The van der Waals surface area contributed by atoms with Crippen LogP contribution in [0.2, 0.25) is 0 Å². The smallest absolute Gasteiger partial charge is 0.408 e. The fraction of sp³-hybridized carbons (Fsp3) is 0.591. The van der Waals surface area contributed by atoms with Crippen LogP contribution in [0.15, 0.2) is 30.3 Å². The SMILES string of the molecule is CSCC(=O)[C@H](Cc1ccccc1)NC(=O)[C@H](CC(C)C)NC(=O)OC(C)(C)C. The molecule has 29 heavy (non-hydrogen) atoms. The zero-order chi connectivity index (χ0) is 22.0. The third-order valence-corrected chi connectivity index (χ3v) is 4.56. The lowest BCUT2D eigenvalue weighted by Gasteiger charge is -2.26. The Hall–Kier alpha value is -2.02.